The van der Waals surface area contributed by atoms with Crippen molar-refractivity contribution in [2.24, 2.45) is 0 Å². The first kappa shape index (κ1) is 27.0. The molecule has 46 heavy (non-hydrogen) atoms. The van der Waals surface area contributed by atoms with Crippen molar-refractivity contribution in [3.05, 3.63) is 163 Å². The maximum Gasteiger partial charge on any atom is 0.190 e. The second kappa shape index (κ2) is 11.1. The second-order valence-corrected chi connectivity index (χ2v) is 11.3. The van der Waals surface area contributed by atoms with E-state index in [1.807, 2.05) is 36.4 Å². The second-order valence-electron chi connectivity index (χ2n) is 11.3. The van der Waals surface area contributed by atoms with E-state index in [1.165, 1.54) is 32.3 Å². The van der Waals surface area contributed by atoms with Gasteiger partial charge in [0.25, 0.3) is 0 Å². The number of hydrogen-bond donors (Lipinski definition) is 0. The maximum absolute atomic E-state index is 9.36. The summed E-state index contributed by atoms with van der Waals surface area (Å²) in [6.45, 7) is 7.37. The lowest BCUT2D eigenvalue weighted by Crippen LogP contribution is -1.88. The molecule has 212 valence electrons. The molecule has 0 amide bonds. The van der Waals surface area contributed by atoms with Gasteiger partial charge in [0.15, 0.2) is 5.69 Å². The van der Waals surface area contributed by atoms with Crippen molar-refractivity contribution >= 4 is 38.0 Å². The SMILES string of the molecule is [C-]#[N+]c1ccnc(-c2cccc(-c3ccc4c5ccc(-c6cccc(-c7cc(C#N)ccn7)c6)cc5c5ccccc5c4c3)c2)c1. The average Bonchev–Trinajstić information content (AvgIpc) is 3.14. The monoisotopic (exact) mass is 584 g/mol. The Morgan fingerprint density at radius 3 is 1.52 bits per heavy atom. The smallest absolute Gasteiger partial charge is 0.190 e. The highest BCUT2D eigenvalue weighted by molar-refractivity contribution is 6.26. The predicted octanol–water partition coefficient (Wildman–Crippen LogP) is 11.0. The Labute approximate surface area is 266 Å². The number of fused-ring (bicyclic) bond motifs is 6. The first-order chi connectivity index (χ1) is 22.7. The molecule has 2 aromatic heterocycles. The van der Waals surface area contributed by atoms with Gasteiger partial charge in [-0.05, 0) is 109 Å². The molecule has 0 atom stereocenters. The summed E-state index contributed by atoms with van der Waals surface area (Å²) in [6.07, 6.45) is 3.37. The van der Waals surface area contributed by atoms with Crippen LogP contribution in [-0.4, -0.2) is 9.97 Å². The van der Waals surface area contributed by atoms with Gasteiger partial charge in [-0.3, -0.25) is 9.97 Å². The Hall–Kier alpha value is -6.62. The number of benzene rings is 6. The number of aromatic nitrogens is 2. The van der Waals surface area contributed by atoms with Gasteiger partial charge in [-0.15, -0.1) is 0 Å². The lowest BCUT2D eigenvalue weighted by Gasteiger charge is -2.14. The Balaban J connectivity index is 1.25. The van der Waals surface area contributed by atoms with E-state index in [0.717, 1.165) is 44.8 Å². The van der Waals surface area contributed by atoms with Crippen LogP contribution < -0.4 is 0 Å². The summed E-state index contributed by atoms with van der Waals surface area (Å²) in [5.41, 5.74) is 9.16. The van der Waals surface area contributed by atoms with Crippen LogP contribution in [0.5, 0.6) is 0 Å². The molecule has 8 aromatic rings. The van der Waals surface area contributed by atoms with Crippen LogP contribution in [0.25, 0.3) is 81.9 Å². The quantitative estimate of drug-likeness (QED) is 0.153. The number of hydrogen-bond acceptors (Lipinski definition) is 3. The fourth-order valence-corrected chi connectivity index (χ4v) is 6.34. The number of nitriles is 1. The highest BCUT2D eigenvalue weighted by atomic mass is 14.7. The van der Waals surface area contributed by atoms with Gasteiger partial charge in [0, 0.05) is 18.0 Å². The molecule has 0 aliphatic heterocycles. The molecule has 0 bridgehead atoms. The third-order valence-electron chi connectivity index (χ3n) is 8.58. The van der Waals surface area contributed by atoms with E-state index >= 15 is 0 Å². The fraction of sp³-hybridized carbons (Fsp3) is 0. The van der Waals surface area contributed by atoms with Gasteiger partial charge in [0.2, 0.25) is 0 Å². The largest absolute Gasteiger partial charge is 0.259 e. The van der Waals surface area contributed by atoms with Crippen molar-refractivity contribution < 1.29 is 0 Å². The zero-order chi connectivity index (χ0) is 31.0. The molecule has 0 saturated carbocycles. The van der Waals surface area contributed by atoms with E-state index in [-0.39, 0.29) is 0 Å². The van der Waals surface area contributed by atoms with E-state index < -0.39 is 0 Å². The number of nitrogens with zero attached hydrogens (tertiary/aromatic N) is 4. The zero-order valence-corrected chi connectivity index (χ0v) is 24.6. The Bertz CT molecular complexity index is 2370. The highest BCUT2D eigenvalue weighted by Gasteiger charge is 2.13. The van der Waals surface area contributed by atoms with Crippen LogP contribution >= 0.6 is 0 Å². The van der Waals surface area contributed by atoms with Crippen LogP contribution in [0.3, 0.4) is 0 Å². The van der Waals surface area contributed by atoms with Crippen LogP contribution in [0, 0.1) is 17.9 Å². The van der Waals surface area contributed by atoms with Crippen molar-refractivity contribution in [3.63, 3.8) is 0 Å². The first-order valence-electron chi connectivity index (χ1n) is 15.0. The van der Waals surface area contributed by atoms with Gasteiger partial charge in [-0.2, -0.15) is 5.26 Å². The normalized spacial score (nSPS) is 11.0. The highest BCUT2D eigenvalue weighted by Crippen LogP contribution is 2.39. The van der Waals surface area contributed by atoms with E-state index in [1.54, 1.807) is 24.5 Å². The predicted molar refractivity (Wildman–Crippen MR) is 187 cm³/mol. The van der Waals surface area contributed by atoms with E-state index in [9.17, 15) is 5.26 Å². The summed E-state index contributed by atoms with van der Waals surface area (Å²) in [5.74, 6) is 0. The summed E-state index contributed by atoms with van der Waals surface area (Å²) < 4.78 is 0. The molecule has 0 fully saturated rings. The first-order valence-corrected chi connectivity index (χ1v) is 15.0. The molecule has 0 N–H and O–H groups in total. The van der Waals surface area contributed by atoms with Gasteiger partial charge < -0.3 is 0 Å². The Morgan fingerprint density at radius 2 is 0.957 bits per heavy atom. The van der Waals surface area contributed by atoms with Gasteiger partial charge in [0.1, 0.15) is 0 Å². The van der Waals surface area contributed by atoms with Gasteiger partial charge in [-0.1, -0.05) is 84.9 Å². The molecule has 0 spiro atoms. The third-order valence-corrected chi connectivity index (χ3v) is 8.58. The Kier molecular flexibility index (Phi) is 6.53. The summed E-state index contributed by atoms with van der Waals surface area (Å²) >= 11 is 0. The van der Waals surface area contributed by atoms with Crippen molar-refractivity contribution in [1.82, 2.24) is 9.97 Å². The lowest BCUT2D eigenvalue weighted by atomic mass is 9.90. The lowest BCUT2D eigenvalue weighted by molar-refractivity contribution is 1.31. The van der Waals surface area contributed by atoms with Gasteiger partial charge >= 0.3 is 0 Å². The third kappa shape index (κ3) is 4.72. The molecule has 0 aliphatic carbocycles. The molecule has 6 aromatic carbocycles. The van der Waals surface area contributed by atoms with Gasteiger partial charge in [0.05, 0.1) is 29.6 Å². The van der Waals surface area contributed by atoms with Gasteiger partial charge in [-0.25, -0.2) is 4.85 Å². The maximum atomic E-state index is 9.36. The van der Waals surface area contributed by atoms with Crippen molar-refractivity contribution in [3.8, 4) is 50.8 Å². The summed E-state index contributed by atoms with van der Waals surface area (Å²) in [5, 5.41) is 16.6. The number of pyridine rings is 2. The summed E-state index contributed by atoms with van der Waals surface area (Å²) in [4.78, 5) is 12.6. The van der Waals surface area contributed by atoms with Crippen molar-refractivity contribution in [1.29, 1.82) is 5.26 Å². The van der Waals surface area contributed by atoms with Crippen LogP contribution in [0.2, 0.25) is 0 Å². The van der Waals surface area contributed by atoms with Crippen LogP contribution in [0.4, 0.5) is 5.69 Å². The molecule has 2 heterocycles. The minimum atomic E-state index is 0.581. The summed E-state index contributed by atoms with van der Waals surface area (Å²) in [7, 11) is 0. The number of rotatable bonds is 4. The topological polar surface area (TPSA) is 53.9 Å². The minimum Gasteiger partial charge on any atom is -0.259 e. The molecule has 4 nitrogen and oxygen atoms in total. The van der Waals surface area contributed by atoms with Crippen molar-refractivity contribution in [2.45, 2.75) is 0 Å². The van der Waals surface area contributed by atoms with E-state index in [2.05, 4.69) is 106 Å². The van der Waals surface area contributed by atoms with E-state index in [0.29, 0.717) is 11.3 Å². The van der Waals surface area contributed by atoms with Crippen LogP contribution in [0.15, 0.2) is 146 Å². The molecule has 0 radical (unpaired) electrons. The Morgan fingerprint density at radius 1 is 0.457 bits per heavy atom. The minimum absolute atomic E-state index is 0.581. The molecule has 8 rings (SSSR count). The average molecular weight is 585 g/mol. The molecule has 0 unspecified atom stereocenters. The molecular weight excluding hydrogens is 560 g/mol. The molecule has 4 heteroatoms. The standard InChI is InChI=1S/C42H24N4/c1-44-34-17-19-46-42(25-34)33-9-5-7-29(22-33)31-13-15-38-37-14-12-30(23-39(37)35-10-2-3-11-36(35)40(38)24-31)28-6-4-8-32(21-28)41-20-27(26-43)16-18-45-41/h2-25H. The van der Waals surface area contributed by atoms with Crippen LogP contribution in [0.1, 0.15) is 5.56 Å². The fourth-order valence-electron chi connectivity index (χ4n) is 6.34. The molecule has 0 aliphatic rings. The van der Waals surface area contributed by atoms with E-state index in [4.69, 9.17) is 6.57 Å². The van der Waals surface area contributed by atoms with Crippen LogP contribution in [-0.2, 0) is 0 Å². The van der Waals surface area contributed by atoms with Crippen molar-refractivity contribution in [2.75, 3.05) is 0 Å². The zero-order valence-electron chi connectivity index (χ0n) is 24.6. The molecule has 0 saturated heterocycles. The molecular formula is C42H24N4. The summed E-state index contributed by atoms with van der Waals surface area (Å²) in [6, 6.07) is 48.1.